The van der Waals surface area contributed by atoms with Crippen LogP contribution in [0.25, 0.3) is 0 Å². The Morgan fingerprint density at radius 1 is 1.58 bits per heavy atom. The van der Waals surface area contributed by atoms with Crippen molar-refractivity contribution in [2.45, 2.75) is 20.3 Å². The van der Waals surface area contributed by atoms with Crippen molar-refractivity contribution in [1.29, 1.82) is 0 Å². The van der Waals surface area contributed by atoms with Crippen molar-refractivity contribution in [3.63, 3.8) is 0 Å². The predicted octanol–water partition coefficient (Wildman–Crippen LogP) is -0.530. The van der Waals surface area contributed by atoms with Crippen molar-refractivity contribution in [2.24, 2.45) is 11.1 Å². The summed E-state index contributed by atoms with van der Waals surface area (Å²) in [6.07, 6.45) is 0.721. The Bertz CT molecular complexity index is 146. The molecular weight excluding hydrogens is 156 g/mol. The van der Waals surface area contributed by atoms with Gasteiger partial charge in [0.1, 0.15) is 0 Å². The monoisotopic (exact) mass is 174 g/mol. The number of nitrogens with two attached hydrogens (primary N) is 1. The van der Waals surface area contributed by atoms with E-state index in [1.165, 1.54) is 0 Å². The zero-order valence-electron chi connectivity index (χ0n) is 7.76. The Hall–Kier alpha value is -0.610. The molecule has 0 atom stereocenters. The maximum atomic E-state index is 10.4. The van der Waals surface area contributed by atoms with Crippen LogP contribution in [-0.2, 0) is 4.79 Å². The first-order chi connectivity index (χ1) is 5.48. The molecule has 0 saturated heterocycles. The van der Waals surface area contributed by atoms with E-state index < -0.39 is 0 Å². The Morgan fingerprint density at radius 2 is 2.17 bits per heavy atom. The van der Waals surface area contributed by atoms with Crippen molar-refractivity contribution in [3.05, 3.63) is 0 Å². The highest BCUT2D eigenvalue weighted by atomic mass is 16.3. The minimum absolute atomic E-state index is 0.0181. The molecule has 0 heterocycles. The third-order valence-corrected chi connectivity index (χ3v) is 1.69. The van der Waals surface area contributed by atoms with E-state index in [9.17, 15) is 4.79 Å². The van der Waals surface area contributed by atoms with Gasteiger partial charge >= 0.3 is 0 Å². The van der Waals surface area contributed by atoms with Gasteiger partial charge in [0.25, 0.3) is 0 Å². The van der Waals surface area contributed by atoms with E-state index in [0.717, 1.165) is 6.42 Å². The van der Waals surface area contributed by atoms with Crippen LogP contribution < -0.4 is 11.1 Å². The molecule has 4 heteroatoms. The highest BCUT2D eigenvalue weighted by Crippen LogP contribution is 2.17. The van der Waals surface area contributed by atoms with Crippen LogP contribution in [0, 0.1) is 5.41 Å². The number of amides is 1. The lowest BCUT2D eigenvalue weighted by Crippen LogP contribution is -2.36. The summed E-state index contributed by atoms with van der Waals surface area (Å²) in [6, 6.07) is 0. The van der Waals surface area contributed by atoms with Gasteiger partial charge in [0, 0.05) is 13.2 Å². The SMILES string of the molecule is CC(C)(CCO)CNCC(N)=O. The van der Waals surface area contributed by atoms with Crippen LogP contribution in [0.4, 0.5) is 0 Å². The lowest BCUT2D eigenvalue weighted by atomic mass is 9.90. The first-order valence-electron chi connectivity index (χ1n) is 4.08. The number of nitrogens with one attached hydrogen (secondary N) is 1. The van der Waals surface area contributed by atoms with Crippen LogP contribution in [0.3, 0.4) is 0 Å². The topological polar surface area (TPSA) is 75.3 Å². The van der Waals surface area contributed by atoms with E-state index in [1.807, 2.05) is 13.8 Å². The predicted molar refractivity (Wildman–Crippen MR) is 47.5 cm³/mol. The van der Waals surface area contributed by atoms with Crippen molar-refractivity contribution in [3.8, 4) is 0 Å². The molecule has 4 N–H and O–H groups in total. The smallest absolute Gasteiger partial charge is 0.231 e. The minimum atomic E-state index is -0.352. The fraction of sp³-hybridized carbons (Fsp3) is 0.875. The second-order valence-corrected chi connectivity index (χ2v) is 3.71. The fourth-order valence-electron chi connectivity index (χ4n) is 0.915. The van der Waals surface area contributed by atoms with Gasteiger partial charge in [-0.3, -0.25) is 4.79 Å². The van der Waals surface area contributed by atoms with Gasteiger partial charge in [-0.05, 0) is 11.8 Å². The Balaban J connectivity index is 3.53. The van der Waals surface area contributed by atoms with E-state index >= 15 is 0 Å². The number of aliphatic hydroxyl groups excluding tert-OH is 1. The zero-order valence-corrected chi connectivity index (χ0v) is 7.76. The first kappa shape index (κ1) is 11.4. The molecule has 0 rings (SSSR count). The highest BCUT2D eigenvalue weighted by Gasteiger charge is 2.16. The number of carbonyl (C=O) groups is 1. The molecule has 12 heavy (non-hydrogen) atoms. The second-order valence-electron chi connectivity index (χ2n) is 3.71. The van der Waals surface area contributed by atoms with Crippen LogP contribution in [0.15, 0.2) is 0 Å². The maximum absolute atomic E-state index is 10.4. The summed E-state index contributed by atoms with van der Waals surface area (Å²) >= 11 is 0. The van der Waals surface area contributed by atoms with Crippen molar-refractivity contribution >= 4 is 5.91 Å². The van der Waals surface area contributed by atoms with E-state index in [-0.39, 0.29) is 24.5 Å². The molecule has 0 aromatic heterocycles. The summed E-state index contributed by atoms with van der Waals surface area (Å²) in [7, 11) is 0. The van der Waals surface area contributed by atoms with Gasteiger partial charge < -0.3 is 16.2 Å². The molecule has 0 radical (unpaired) electrons. The van der Waals surface area contributed by atoms with Crippen LogP contribution in [0.5, 0.6) is 0 Å². The fourth-order valence-corrected chi connectivity index (χ4v) is 0.915. The van der Waals surface area contributed by atoms with Crippen LogP contribution in [-0.4, -0.2) is 30.7 Å². The summed E-state index contributed by atoms with van der Waals surface area (Å²) in [5, 5.41) is 11.6. The van der Waals surface area contributed by atoms with E-state index in [4.69, 9.17) is 10.8 Å². The van der Waals surface area contributed by atoms with Crippen LogP contribution >= 0.6 is 0 Å². The molecule has 0 aromatic rings. The van der Waals surface area contributed by atoms with Gasteiger partial charge in [0.05, 0.1) is 6.54 Å². The van der Waals surface area contributed by atoms with Gasteiger partial charge in [-0.2, -0.15) is 0 Å². The quantitative estimate of drug-likeness (QED) is 0.506. The number of rotatable bonds is 6. The largest absolute Gasteiger partial charge is 0.396 e. The normalized spacial score (nSPS) is 11.6. The number of primary amides is 1. The van der Waals surface area contributed by atoms with Gasteiger partial charge in [0.15, 0.2) is 0 Å². The number of hydrogen-bond donors (Lipinski definition) is 3. The van der Waals surface area contributed by atoms with Crippen molar-refractivity contribution in [1.82, 2.24) is 5.32 Å². The summed E-state index contributed by atoms with van der Waals surface area (Å²) < 4.78 is 0. The molecule has 0 saturated carbocycles. The van der Waals surface area contributed by atoms with Crippen LogP contribution in [0.1, 0.15) is 20.3 Å². The lowest BCUT2D eigenvalue weighted by Gasteiger charge is -2.23. The summed E-state index contributed by atoms with van der Waals surface area (Å²) in [6.45, 7) is 5.12. The second kappa shape index (κ2) is 5.11. The average Bonchev–Trinajstić information content (AvgIpc) is 1.85. The lowest BCUT2D eigenvalue weighted by molar-refractivity contribution is -0.117. The molecule has 0 bridgehead atoms. The number of aliphatic hydroxyl groups is 1. The standard InChI is InChI=1S/C8H18N2O2/c1-8(2,3-4-11)6-10-5-7(9)12/h10-11H,3-6H2,1-2H3,(H2,9,12). The maximum Gasteiger partial charge on any atom is 0.231 e. The molecule has 0 unspecified atom stereocenters. The van der Waals surface area contributed by atoms with Gasteiger partial charge in [-0.25, -0.2) is 0 Å². The molecule has 0 aliphatic rings. The van der Waals surface area contributed by atoms with Gasteiger partial charge in [0.2, 0.25) is 5.91 Å². The third-order valence-electron chi connectivity index (χ3n) is 1.69. The molecule has 1 amide bonds. The van der Waals surface area contributed by atoms with E-state index in [1.54, 1.807) is 0 Å². The first-order valence-corrected chi connectivity index (χ1v) is 4.08. The van der Waals surface area contributed by atoms with E-state index in [0.29, 0.717) is 6.54 Å². The van der Waals surface area contributed by atoms with Gasteiger partial charge in [-0.1, -0.05) is 13.8 Å². The average molecular weight is 174 g/mol. The molecule has 0 aromatic carbocycles. The summed E-state index contributed by atoms with van der Waals surface area (Å²) in [5.41, 5.74) is 4.96. The summed E-state index contributed by atoms with van der Waals surface area (Å²) in [4.78, 5) is 10.4. The molecular formula is C8H18N2O2. The Labute approximate surface area is 73.1 Å². The zero-order chi connectivity index (χ0) is 9.61. The minimum Gasteiger partial charge on any atom is -0.396 e. The Morgan fingerprint density at radius 3 is 2.58 bits per heavy atom. The number of carbonyl (C=O) groups excluding carboxylic acids is 1. The molecule has 0 fully saturated rings. The molecule has 0 spiro atoms. The van der Waals surface area contributed by atoms with Crippen molar-refractivity contribution < 1.29 is 9.90 Å². The van der Waals surface area contributed by atoms with Crippen molar-refractivity contribution in [2.75, 3.05) is 19.7 Å². The third kappa shape index (κ3) is 6.12. The Kier molecular flexibility index (Phi) is 4.85. The molecule has 0 aliphatic carbocycles. The molecule has 4 nitrogen and oxygen atoms in total. The van der Waals surface area contributed by atoms with Gasteiger partial charge in [-0.15, -0.1) is 0 Å². The summed E-state index contributed by atoms with van der Waals surface area (Å²) in [5.74, 6) is -0.352. The molecule has 72 valence electrons. The highest BCUT2D eigenvalue weighted by molar-refractivity contribution is 5.75. The molecule has 0 aliphatic heterocycles. The van der Waals surface area contributed by atoms with Crippen LogP contribution in [0.2, 0.25) is 0 Å². The van der Waals surface area contributed by atoms with E-state index in [2.05, 4.69) is 5.32 Å². The number of hydrogen-bond acceptors (Lipinski definition) is 3.